The maximum atomic E-state index is 14.6. The van der Waals surface area contributed by atoms with Crippen molar-refractivity contribution >= 4 is 29.0 Å². The predicted octanol–water partition coefficient (Wildman–Crippen LogP) is 4.01. The molecule has 0 atom stereocenters. The summed E-state index contributed by atoms with van der Waals surface area (Å²) in [7, 11) is 4.01. The number of urea groups is 1. The van der Waals surface area contributed by atoms with Gasteiger partial charge in [0.05, 0.1) is 17.3 Å². The van der Waals surface area contributed by atoms with Gasteiger partial charge in [-0.1, -0.05) is 0 Å². The molecule has 10 heteroatoms. The van der Waals surface area contributed by atoms with Gasteiger partial charge in [0.2, 0.25) is 0 Å². The number of likely N-dealkylation sites (N-methyl/N-ethyl adjacent to an activating group) is 1. The topological polar surface area (TPSA) is 99.6 Å². The van der Waals surface area contributed by atoms with Crippen LogP contribution in [0.4, 0.5) is 14.9 Å². The lowest BCUT2D eigenvalue weighted by atomic mass is 10.2. The molecule has 3 N–H and O–H groups in total. The average Bonchev–Trinajstić information content (AvgIpc) is 3.44. The van der Waals surface area contributed by atoms with Crippen molar-refractivity contribution in [2.45, 2.75) is 6.54 Å². The largest absolute Gasteiger partial charge is 0.453 e. The highest BCUT2D eigenvalue weighted by Gasteiger charge is 2.11. The number of fused-ring (bicyclic) bond motifs is 1. The first kappa shape index (κ1) is 22.0. The number of H-pyrrole nitrogens is 1. The molecule has 0 aliphatic carbocycles. The fourth-order valence-electron chi connectivity index (χ4n) is 3.18. The molecule has 4 rings (SSSR count). The highest BCUT2D eigenvalue weighted by molar-refractivity contribution is 5.90. The molecule has 0 aliphatic heterocycles. The number of aromatic nitrogens is 3. The van der Waals surface area contributed by atoms with Crippen LogP contribution in [0.5, 0.6) is 11.5 Å². The Balaban J connectivity index is 1.34. The number of ether oxygens (including phenoxy) is 1. The highest BCUT2D eigenvalue weighted by atomic mass is 19.1. The van der Waals surface area contributed by atoms with Gasteiger partial charge in [-0.2, -0.15) is 5.10 Å². The first-order valence-electron chi connectivity index (χ1n) is 10.3. The van der Waals surface area contributed by atoms with E-state index in [2.05, 4.69) is 30.7 Å². The summed E-state index contributed by atoms with van der Waals surface area (Å²) in [6.45, 7) is 1.68. The number of nitrogens with one attached hydrogen (secondary N) is 3. The molecule has 0 aliphatic rings. The van der Waals surface area contributed by atoms with Crippen LogP contribution in [0.15, 0.2) is 66.2 Å². The van der Waals surface area contributed by atoms with E-state index >= 15 is 0 Å². The smallest absolute Gasteiger partial charge is 0.339 e. The summed E-state index contributed by atoms with van der Waals surface area (Å²) in [6, 6.07) is 10.9. The summed E-state index contributed by atoms with van der Waals surface area (Å²) in [5.41, 5.74) is 4.16. The quantitative estimate of drug-likeness (QED) is 0.280. The van der Waals surface area contributed by atoms with Crippen LogP contribution in [0, 0.1) is 5.82 Å². The maximum Gasteiger partial charge on any atom is 0.339 e. The van der Waals surface area contributed by atoms with Gasteiger partial charge in [0.1, 0.15) is 11.4 Å². The maximum absolute atomic E-state index is 14.6. The Morgan fingerprint density at radius 3 is 2.97 bits per heavy atom. The third-order valence-electron chi connectivity index (χ3n) is 4.85. The van der Waals surface area contributed by atoms with E-state index in [0.29, 0.717) is 11.4 Å². The van der Waals surface area contributed by atoms with Crippen LogP contribution >= 0.6 is 0 Å². The van der Waals surface area contributed by atoms with E-state index in [4.69, 9.17) is 4.74 Å². The van der Waals surface area contributed by atoms with E-state index in [0.717, 1.165) is 24.2 Å². The number of rotatable bonds is 8. The summed E-state index contributed by atoms with van der Waals surface area (Å²) in [6.07, 6.45) is 6.82. The number of anilines is 1. The Morgan fingerprint density at radius 1 is 1.27 bits per heavy atom. The number of hydrogen-bond acceptors (Lipinski definition) is 5. The van der Waals surface area contributed by atoms with Crippen molar-refractivity contribution in [2.75, 3.05) is 26.0 Å². The van der Waals surface area contributed by atoms with Crippen molar-refractivity contribution in [1.82, 2.24) is 24.9 Å². The second kappa shape index (κ2) is 9.96. The van der Waals surface area contributed by atoms with Crippen molar-refractivity contribution in [2.24, 2.45) is 5.10 Å². The number of hydrogen-bond donors (Lipinski definition) is 3. The van der Waals surface area contributed by atoms with Gasteiger partial charge in [-0.05, 0) is 50.5 Å². The molecular weight excluding hydrogens is 425 g/mol. The number of halogens is 1. The number of hydrazone groups is 1. The number of amides is 2. The van der Waals surface area contributed by atoms with Gasteiger partial charge >= 0.3 is 6.03 Å². The zero-order valence-electron chi connectivity index (χ0n) is 18.2. The van der Waals surface area contributed by atoms with Gasteiger partial charge in [0, 0.05) is 43.4 Å². The van der Waals surface area contributed by atoms with Gasteiger partial charge < -0.3 is 24.5 Å². The second-order valence-electron chi connectivity index (χ2n) is 7.55. The normalized spacial score (nSPS) is 11.4. The summed E-state index contributed by atoms with van der Waals surface area (Å²) < 4.78 is 22.3. The third-order valence-corrected chi connectivity index (χ3v) is 4.85. The number of nitrogens with zero attached hydrogens (tertiary/aromatic N) is 4. The lowest BCUT2D eigenvalue weighted by Gasteiger charge is -2.11. The molecule has 9 nitrogen and oxygen atoms in total. The van der Waals surface area contributed by atoms with E-state index in [1.165, 1.54) is 12.1 Å². The Hall–Kier alpha value is -4.18. The molecule has 0 spiro atoms. The monoisotopic (exact) mass is 449 g/mol. The van der Waals surface area contributed by atoms with Gasteiger partial charge in [0.25, 0.3) is 0 Å². The molecule has 0 saturated carbocycles. The molecule has 0 bridgehead atoms. The number of aromatic amines is 1. The first-order chi connectivity index (χ1) is 16.0. The summed E-state index contributed by atoms with van der Waals surface area (Å²) in [5, 5.41) is 7.25. The second-order valence-corrected chi connectivity index (χ2v) is 7.55. The van der Waals surface area contributed by atoms with Gasteiger partial charge in [-0.3, -0.25) is 0 Å². The van der Waals surface area contributed by atoms with Crippen molar-refractivity contribution in [3.8, 4) is 11.5 Å². The fraction of sp³-hybridized carbons (Fsp3) is 0.174. The van der Waals surface area contributed by atoms with Gasteiger partial charge in [0.15, 0.2) is 11.6 Å². The lowest BCUT2D eigenvalue weighted by molar-refractivity contribution is 0.252. The van der Waals surface area contributed by atoms with Crippen LogP contribution in [0.25, 0.3) is 11.0 Å². The molecule has 0 radical (unpaired) electrons. The van der Waals surface area contributed by atoms with E-state index in [1.54, 1.807) is 36.8 Å². The predicted molar refractivity (Wildman–Crippen MR) is 125 cm³/mol. The Morgan fingerprint density at radius 2 is 2.15 bits per heavy atom. The zero-order valence-corrected chi connectivity index (χ0v) is 18.2. The summed E-state index contributed by atoms with van der Waals surface area (Å²) in [4.78, 5) is 21.4. The Labute approximate surface area is 189 Å². The van der Waals surface area contributed by atoms with Crippen LogP contribution < -0.4 is 15.5 Å². The minimum atomic E-state index is -0.615. The van der Waals surface area contributed by atoms with E-state index in [9.17, 15) is 9.18 Å². The van der Waals surface area contributed by atoms with Gasteiger partial charge in [-0.25, -0.2) is 19.6 Å². The number of pyridine rings is 1. The number of benzene rings is 1. The molecule has 33 heavy (non-hydrogen) atoms. The molecule has 4 aromatic rings. The Kier molecular flexibility index (Phi) is 6.65. The van der Waals surface area contributed by atoms with E-state index < -0.39 is 11.8 Å². The van der Waals surface area contributed by atoms with Crippen LogP contribution in [0.2, 0.25) is 0 Å². The van der Waals surface area contributed by atoms with Crippen LogP contribution in [-0.2, 0) is 6.54 Å². The molecule has 0 fully saturated rings. The van der Waals surface area contributed by atoms with Crippen molar-refractivity contribution in [3.63, 3.8) is 0 Å². The summed E-state index contributed by atoms with van der Waals surface area (Å²) in [5.74, 6) is -0.107. The molecular formula is C23H24FN7O2. The molecule has 3 aromatic heterocycles. The SMILES string of the molecule is CN(C)CCn1cccc1/C=N/NC(=O)Nc1ccc(Oc2ccnc3[nH]ccc23)c(F)c1. The fourth-order valence-corrected chi connectivity index (χ4v) is 3.18. The van der Waals surface area contributed by atoms with Gasteiger partial charge in [-0.15, -0.1) is 0 Å². The molecule has 2 amide bonds. The van der Waals surface area contributed by atoms with Crippen LogP contribution in [-0.4, -0.2) is 52.3 Å². The average molecular weight is 449 g/mol. The zero-order chi connectivity index (χ0) is 23.2. The van der Waals surface area contributed by atoms with Crippen LogP contribution in [0.3, 0.4) is 0 Å². The lowest BCUT2D eigenvalue weighted by Crippen LogP contribution is -2.24. The molecule has 0 unspecified atom stereocenters. The minimum absolute atomic E-state index is 0.0335. The molecule has 1 aromatic carbocycles. The standard InChI is InChI=1S/C23H24FN7O2/c1-30(2)12-13-31-11-3-4-17(31)15-27-29-23(32)28-16-5-6-21(19(24)14-16)33-20-8-10-26-22-18(20)7-9-25-22/h3-11,14-15H,12-13H2,1-2H3,(H,25,26)(H2,28,29,32)/b27-15+. The van der Waals surface area contributed by atoms with E-state index in [1.807, 2.05) is 37.0 Å². The molecule has 0 saturated heterocycles. The molecule has 3 heterocycles. The first-order valence-corrected chi connectivity index (χ1v) is 10.3. The van der Waals surface area contributed by atoms with Crippen LogP contribution in [0.1, 0.15) is 5.69 Å². The number of carbonyl (C=O) groups excluding carboxylic acids is 1. The number of carbonyl (C=O) groups is 1. The van der Waals surface area contributed by atoms with Crippen molar-refractivity contribution in [1.29, 1.82) is 0 Å². The molecule has 170 valence electrons. The Bertz CT molecular complexity index is 1280. The van der Waals surface area contributed by atoms with Crippen molar-refractivity contribution < 1.29 is 13.9 Å². The van der Waals surface area contributed by atoms with E-state index in [-0.39, 0.29) is 11.4 Å². The third kappa shape index (κ3) is 5.55. The summed E-state index contributed by atoms with van der Waals surface area (Å²) >= 11 is 0. The highest BCUT2D eigenvalue weighted by Crippen LogP contribution is 2.31. The minimum Gasteiger partial charge on any atom is -0.453 e. The van der Waals surface area contributed by atoms with Crippen molar-refractivity contribution in [3.05, 3.63) is 72.6 Å².